The van der Waals surface area contributed by atoms with Crippen molar-refractivity contribution in [2.75, 3.05) is 31.4 Å². The van der Waals surface area contributed by atoms with Gasteiger partial charge in [-0.05, 0) is 43.2 Å². The van der Waals surface area contributed by atoms with Gasteiger partial charge in [-0.15, -0.1) is 0 Å². The van der Waals surface area contributed by atoms with E-state index in [1.807, 2.05) is 6.92 Å². The predicted octanol–water partition coefficient (Wildman–Crippen LogP) is 4.26. The Hall–Kier alpha value is -4.01. The maximum absolute atomic E-state index is 12.7. The summed E-state index contributed by atoms with van der Waals surface area (Å²) in [6, 6.07) is 12.5. The van der Waals surface area contributed by atoms with E-state index in [0.29, 0.717) is 40.5 Å². The van der Waals surface area contributed by atoms with Crippen molar-refractivity contribution in [3.8, 4) is 5.75 Å². The molecule has 1 aliphatic heterocycles. The molecule has 0 saturated heterocycles. The molecule has 9 nitrogen and oxygen atoms in total. The van der Waals surface area contributed by atoms with Crippen molar-refractivity contribution in [3.05, 3.63) is 65.4 Å². The Labute approximate surface area is 192 Å². The minimum absolute atomic E-state index is 0.292. The monoisotopic (exact) mass is 452 g/mol. The van der Waals surface area contributed by atoms with Crippen LogP contribution in [0.4, 0.5) is 21.0 Å². The van der Waals surface area contributed by atoms with E-state index in [2.05, 4.69) is 16.0 Å². The molecule has 0 saturated carbocycles. The molecule has 0 fully saturated rings. The zero-order chi connectivity index (χ0) is 24.0. The van der Waals surface area contributed by atoms with Gasteiger partial charge in [-0.25, -0.2) is 14.4 Å². The van der Waals surface area contributed by atoms with Crippen molar-refractivity contribution in [2.45, 2.75) is 26.3 Å². The van der Waals surface area contributed by atoms with Crippen LogP contribution in [0.3, 0.4) is 0 Å². The molecule has 0 radical (unpaired) electrons. The molecular weight excluding hydrogens is 424 g/mol. The van der Waals surface area contributed by atoms with Crippen LogP contribution in [0.1, 0.15) is 31.9 Å². The smallest absolute Gasteiger partial charge is 0.337 e. The van der Waals surface area contributed by atoms with Gasteiger partial charge >= 0.3 is 18.0 Å². The van der Waals surface area contributed by atoms with Crippen molar-refractivity contribution in [1.29, 1.82) is 0 Å². The summed E-state index contributed by atoms with van der Waals surface area (Å²) in [4.78, 5) is 39.4. The Balaban J connectivity index is 1.86. The molecule has 33 heavy (non-hydrogen) atoms. The van der Waals surface area contributed by atoms with Gasteiger partial charge in [-0.1, -0.05) is 31.2 Å². The second-order valence-corrected chi connectivity index (χ2v) is 7.43. The number of allylic oxidation sites excluding steroid dienone is 1. The molecule has 1 aliphatic rings. The topological polar surface area (TPSA) is 109 Å². The molecule has 0 bridgehead atoms. The summed E-state index contributed by atoms with van der Waals surface area (Å²) in [5, 5.41) is 8.40. The number of ether oxygens (including phenoxy) is 2. The van der Waals surface area contributed by atoms with Crippen LogP contribution in [-0.4, -0.2) is 43.7 Å². The average Bonchev–Trinajstić information content (AvgIpc) is 2.81. The summed E-state index contributed by atoms with van der Waals surface area (Å²) in [5.74, 6) is 0.0113. The van der Waals surface area contributed by atoms with Crippen LogP contribution in [0.5, 0.6) is 5.75 Å². The lowest BCUT2D eigenvalue weighted by Crippen LogP contribution is -2.48. The quantitative estimate of drug-likeness (QED) is 0.544. The number of nitrogens with zero attached hydrogens (tertiary/aromatic N) is 1. The molecule has 2 aromatic rings. The van der Waals surface area contributed by atoms with Crippen LogP contribution in [0.25, 0.3) is 0 Å². The van der Waals surface area contributed by atoms with E-state index >= 15 is 0 Å². The molecule has 3 N–H and O–H groups in total. The van der Waals surface area contributed by atoms with Crippen molar-refractivity contribution >= 4 is 29.4 Å². The first-order valence-electron chi connectivity index (χ1n) is 10.6. The van der Waals surface area contributed by atoms with Gasteiger partial charge in [0.2, 0.25) is 0 Å². The maximum Gasteiger partial charge on any atom is 0.337 e. The van der Waals surface area contributed by atoms with Crippen LogP contribution >= 0.6 is 0 Å². The highest BCUT2D eigenvalue weighted by Gasteiger charge is 2.36. The highest BCUT2D eigenvalue weighted by atomic mass is 16.5. The number of urea groups is 2. The lowest BCUT2D eigenvalue weighted by Gasteiger charge is -2.35. The first kappa shape index (κ1) is 23.6. The fourth-order valence-corrected chi connectivity index (χ4v) is 3.73. The molecular formula is C24H28N4O5. The molecule has 1 heterocycles. The third-order valence-electron chi connectivity index (χ3n) is 5.28. The fourth-order valence-electron chi connectivity index (χ4n) is 3.73. The second kappa shape index (κ2) is 10.5. The minimum Gasteiger partial charge on any atom is -0.495 e. The first-order chi connectivity index (χ1) is 15.9. The highest BCUT2D eigenvalue weighted by molar-refractivity contribution is 6.01. The summed E-state index contributed by atoms with van der Waals surface area (Å²) in [5.41, 5.74) is 2.54. The molecule has 0 spiro atoms. The molecule has 0 aromatic heterocycles. The number of rotatable bonds is 7. The maximum atomic E-state index is 12.7. The van der Waals surface area contributed by atoms with Crippen molar-refractivity contribution in [2.24, 2.45) is 0 Å². The predicted molar refractivity (Wildman–Crippen MR) is 125 cm³/mol. The third kappa shape index (κ3) is 5.25. The Morgan fingerprint density at radius 2 is 1.85 bits per heavy atom. The SMILES string of the molecule is CCCN1C(=O)N[C@@H](c2cccc(NC(=O)Nc3ccccc3OC)c2)C(C(=O)OC)=C1C. The van der Waals surface area contributed by atoms with Gasteiger partial charge in [0.05, 0.1) is 31.5 Å². The van der Waals surface area contributed by atoms with E-state index in [-0.39, 0.29) is 6.03 Å². The van der Waals surface area contributed by atoms with E-state index in [4.69, 9.17) is 9.47 Å². The van der Waals surface area contributed by atoms with Crippen LogP contribution in [0, 0.1) is 0 Å². The van der Waals surface area contributed by atoms with E-state index in [0.717, 1.165) is 6.42 Å². The molecule has 0 aliphatic carbocycles. The number of benzene rings is 2. The van der Waals surface area contributed by atoms with E-state index in [9.17, 15) is 14.4 Å². The minimum atomic E-state index is -0.711. The van der Waals surface area contributed by atoms with Crippen molar-refractivity contribution in [3.63, 3.8) is 0 Å². The van der Waals surface area contributed by atoms with Crippen LogP contribution in [0.2, 0.25) is 0 Å². The van der Waals surface area contributed by atoms with E-state index < -0.39 is 18.0 Å². The molecule has 0 unspecified atom stereocenters. The number of nitrogens with one attached hydrogen (secondary N) is 3. The lowest BCUT2D eigenvalue weighted by molar-refractivity contribution is -0.136. The highest BCUT2D eigenvalue weighted by Crippen LogP contribution is 2.32. The van der Waals surface area contributed by atoms with Crippen molar-refractivity contribution < 1.29 is 23.9 Å². The Morgan fingerprint density at radius 3 is 2.55 bits per heavy atom. The molecule has 4 amide bonds. The average molecular weight is 453 g/mol. The summed E-state index contributed by atoms with van der Waals surface area (Å²) in [7, 11) is 2.83. The number of esters is 1. The summed E-state index contributed by atoms with van der Waals surface area (Å²) < 4.78 is 10.2. The van der Waals surface area contributed by atoms with Gasteiger partial charge in [0.1, 0.15) is 5.75 Å². The van der Waals surface area contributed by atoms with Crippen LogP contribution < -0.4 is 20.7 Å². The Kier molecular flexibility index (Phi) is 7.55. The number of carbonyl (C=O) groups excluding carboxylic acids is 3. The number of hydrogen-bond donors (Lipinski definition) is 3. The van der Waals surface area contributed by atoms with Gasteiger partial charge in [0.25, 0.3) is 0 Å². The number of anilines is 2. The Morgan fingerprint density at radius 1 is 1.09 bits per heavy atom. The first-order valence-corrected chi connectivity index (χ1v) is 10.6. The Bertz CT molecular complexity index is 1080. The molecule has 3 rings (SSSR count). The summed E-state index contributed by atoms with van der Waals surface area (Å²) >= 11 is 0. The number of methoxy groups -OCH3 is 2. The standard InChI is InChI=1S/C24H28N4O5/c1-5-13-28-15(2)20(22(29)33-4)21(27-24(28)31)16-9-8-10-17(14-16)25-23(30)26-18-11-6-7-12-19(18)32-3/h6-12,14,21H,5,13H2,1-4H3,(H,27,31)(H2,25,26,30)/t21-/m0/s1. The largest absolute Gasteiger partial charge is 0.495 e. The third-order valence-corrected chi connectivity index (χ3v) is 5.28. The second-order valence-electron chi connectivity index (χ2n) is 7.43. The van der Waals surface area contributed by atoms with Gasteiger partial charge in [-0.2, -0.15) is 0 Å². The normalized spacial score (nSPS) is 15.6. The zero-order valence-corrected chi connectivity index (χ0v) is 19.1. The van der Waals surface area contributed by atoms with Crippen molar-refractivity contribution in [1.82, 2.24) is 10.2 Å². The molecule has 174 valence electrons. The van der Waals surface area contributed by atoms with Gasteiger partial charge in [-0.3, -0.25) is 4.90 Å². The zero-order valence-electron chi connectivity index (χ0n) is 19.1. The number of carbonyl (C=O) groups is 3. The summed E-state index contributed by atoms with van der Waals surface area (Å²) in [6.07, 6.45) is 0.741. The molecule has 1 atom stereocenters. The molecule has 2 aromatic carbocycles. The molecule has 9 heteroatoms. The number of hydrogen-bond acceptors (Lipinski definition) is 5. The number of para-hydroxylation sites is 2. The van der Waals surface area contributed by atoms with Gasteiger partial charge < -0.3 is 25.4 Å². The van der Waals surface area contributed by atoms with E-state index in [1.165, 1.54) is 19.1 Å². The van der Waals surface area contributed by atoms with Gasteiger partial charge in [0.15, 0.2) is 0 Å². The van der Waals surface area contributed by atoms with Gasteiger partial charge in [0, 0.05) is 17.9 Å². The fraction of sp³-hybridized carbons (Fsp3) is 0.292. The number of amides is 4. The lowest BCUT2D eigenvalue weighted by atomic mass is 9.94. The van der Waals surface area contributed by atoms with E-state index in [1.54, 1.807) is 55.5 Å². The van der Waals surface area contributed by atoms with Crippen LogP contribution in [0.15, 0.2) is 59.8 Å². The van der Waals surface area contributed by atoms with Crippen LogP contribution in [-0.2, 0) is 9.53 Å². The summed E-state index contributed by atoms with van der Waals surface area (Å²) in [6.45, 7) is 4.17.